The molecule has 2 nitrogen and oxygen atoms in total. The number of hydrogen-bond acceptors (Lipinski definition) is 2. The monoisotopic (exact) mass is 313 g/mol. The van der Waals surface area contributed by atoms with Crippen molar-refractivity contribution in [3.8, 4) is 5.75 Å². The van der Waals surface area contributed by atoms with Gasteiger partial charge < -0.3 is 10.1 Å². The lowest BCUT2D eigenvalue weighted by atomic mass is 10.0. The summed E-state index contributed by atoms with van der Waals surface area (Å²) >= 11 is 3.42. The number of nitrogens with one attached hydrogen (secondary N) is 1. The van der Waals surface area contributed by atoms with Crippen LogP contribution in [0.1, 0.15) is 33.1 Å². The van der Waals surface area contributed by atoms with Crippen molar-refractivity contribution in [1.29, 1.82) is 0 Å². The molecule has 1 aromatic rings. The summed E-state index contributed by atoms with van der Waals surface area (Å²) in [5.74, 6) is 1.68. The number of rotatable bonds is 9. The van der Waals surface area contributed by atoms with Crippen molar-refractivity contribution in [3.63, 3.8) is 0 Å². The van der Waals surface area contributed by atoms with E-state index in [2.05, 4.69) is 35.1 Å². The Labute approximate surface area is 119 Å². The Morgan fingerprint density at radius 3 is 2.50 bits per heavy atom. The summed E-state index contributed by atoms with van der Waals surface area (Å²) in [5, 5.41) is 3.43. The summed E-state index contributed by atoms with van der Waals surface area (Å²) < 4.78 is 6.86. The lowest BCUT2D eigenvalue weighted by Gasteiger charge is -2.16. The molecule has 0 heterocycles. The van der Waals surface area contributed by atoms with E-state index in [1.807, 2.05) is 24.3 Å². The maximum absolute atomic E-state index is 5.77. The zero-order valence-corrected chi connectivity index (χ0v) is 13.0. The van der Waals surface area contributed by atoms with Crippen LogP contribution >= 0.6 is 15.9 Å². The molecule has 18 heavy (non-hydrogen) atoms. The van der Waals surface area contributed by atoms with Crippen LogP contribution in [0.3, 0.4) is 0 Å². The number of halogens is 1. The molecule has 0 aromatic heterocycles. The van der Waals surface area contributed by atoms with Gasteiger partial charge in [-0.15, -0.1) is 0 Å². The molecule has 0 bridgehead atoms. The predicted molar refractivity (Wildman–Crippen MR) is 81.2 cm³/mol. The Morgan fingerprint density at radius 2 is 1.89 bits per heavy atom. The third kappa shape index (κ3) is 6.41. The van der Waals surface area contributed by atoms with Gasteiger partial charge in [0.05, 0.1) is 6.61 Å². The molecule has 1 aromatic carbocycles. The molecule has 0 saturated carbocycles. The standard InChI is InChI=1S/C15H24BrNO/c1-3-5-13(12-17-4-2)10-11-18-15-8-6-14(16)7-9-15/h6-9,13,17H,3-5,10-12H2,1-2H3. The van der Waals surface area contributed by atoms with Crippen molar-refractivity contribution < 1.29 is 4.74 Å². The van der Waals surface area contributed by atoms with E-state index < -0.39 is 0 Å². The molecule has 0 aliphatic carbocycles. The molecule has 3 heteroatoms. The highest BCUT2D eigenvalue weighted by Crippen LogP contribution is 2.17. The fraction of sp³-hybridized carbons (Fsp3) is 0.600. The van der Waals surface area contributed by atoms with Crippen LogP contribution in [-0.4, -0.2) is 19.7 Å². The minimum absolute atomic E-state index is 0.727. The van der Waals surface area contributed by atoms with Crippen LogP contribution in [0.4, 0.5) is 0 Å². The van der Waals surface area contributed by atoms with E-state index >= 15 is 0 Å². The van der Waals surface area contributed by atoms with E-state index in [4.69, 9.17) is 4.74 Å². The number of benzene rings is 1. The summed E-state index contributed by atoms with van der Waals surface area (Å²) in [5.41, 5.74) is 0. The van der Waals surface area contributed by atoms with Crippen molar-refractivity contribution in [2.75, 3.05) is 19.7 Å². The molecule has 1 atom stereocenters. The van der Waals surface area contributed by atoms with E-state index in [9.17, 15) is 0 Å². The summed E-state index contributed by atoms with van der Waals surface area (Å²) in [7, 11) is 0. The average molecular weight is 314 g/mol. The van der Waals surface area contributed by atoms with Crippen LogP contribution in [-0.2, 0) is 0 Å². The second-order valence-electron chi connectivity index (χ2n) is 4.55. The third-order valence-corrected chi connectivity index (χ3v) is 3.52. The normalized spacial score (nSPS) is 12.4. The molecule has 0 aliphatic heterocycles. The lowest BCUT2D eigenvalue weighted by molar-refractivity contribution is 0.268. The smallest absolute Gasteiger partial charge is 0.119 e. The Morgan fingerprint density at radius 1 is 1.17 bits per heavy atom. The molecule has 0 radical (unpaired) electrons. The quantitative estimate of drug-likeness (QED) is 0.736. The van der Waals surface area contributed by atoms with Crippen LogP contribution < -0.4 is 10.1 Å². The van der Waals surface area contributed by atoms with Crippen molar-refractivity contribution in [3.05, 3.63) is 28.7 Å². The Hall–Kier alpha value is -0.540. The van der Waals surface area contributed by atoms with E-state index in [1.165, 1.54) is 12.8 Å². The van der Waals surface area contributed by atoms with Crippen LogP contribution in [0.2, 0.25) is 0 Å². The van der Waals surface area contributed by atoms with Gasteiger partial charge in [-0.25, -0.2) is 0 Å². The molecule has 102 valence electrons. The van der Waals surface area contributed by atoms with Gasteiger partial charge in [0.15, 0.2) is 0 Å². The summed E-state index contributed by atoms with van der Waals surface area (Å²) in [6, 6.07) is 8.03. The van der Waals surface area contributed by atoms with Crippen molar-refractivity contribution >= 4 is 15.9 Å². The van der Waals surface area contributed by atoms with E-state index in [0.717, 1.165) is 42.3 Å². The van der Waals surface area contributed by atoms with Gasteiger partial charge in [0.2, 0.25) is 0 Å². The van der Waals surface area contributed by atoms with Crippen molar-refractivity contribution in [2.24, 2.45) is 5.92 Å². The van der Waals surface area contributed by atoms with Gasteiger partial charge in [0, 0.05) is 4.47 Å². The molecule has 0 saturated heterocycles. The van der Waals surface area contributed by atoms with Gasteiger partial charge in [0.1, 0.15) is 5.75 Å². The first-order valence-corrected chi connectivity index (χ1v) is 7.64. The molecule has 0 aliphatic rings. The van der Waals surface area contributed by atoms with E-state index in [-0.39, 0.29) is 0 Å². The SMILES string of the molecule is CCCC(CCOc1ccc(Br)cc1)CNCC. The molecule has 0 spiro atoms. The highest BCUT2D eigenvalue weighted by molar-refractivity contribution is 9.10. The first-order chi connectivity index (χ1) is 8.76. The molecular weight excluding hydrogens is 290 g/mol. The molecule has 0 fully saturated rings. The predicted octanol–water partition coefficient (Wildman–Crippen LogP) is 4.24. The van der Waals surface area contributed by atoms with Crippen LogP contribution in [0.25, 0.3) is 0 Å². The Bertz CT molecular complexity index is 313. The molecule has 1 rings (SSSR count). The molecule has 1 unspecified atom stereocenters. The third-order valence-electron chi connectivity index (χ3n) is 2.99. The van der Waals surface area contributed by atoms with Gasteiger partial charge in [0.25, 0.3) is 0 Å². The number of ether oxygens (including phenoxy) is 1. The van der Waals surface area contributed by atoms with Crippen LogP contribution in [0.15, 0.2) is 28.7 Å². The lowest BCUT2D eigenvalue weighted by Crippen LogP contribution is -2.23. The second-order valence-corrected chi connectivity index (χ2v) is 5.47. The van der Waals surface area contributed by atoms with E-state index in [1.54, 1.807) is 0 Å². The largest absolute Gasteiger partial charge is 0.494 e. The minimum Gasteiger partial charge on any atom is -0.494 e. The van der Waals surface area contributed by atoms with Gasteiger partial charge in [-0.3, -0.25) is 0 Å². The Balaban J connectivity index is 2.26. The zero-order valence-electron chi connectivity index (χ0n) is 11.4. The topological polar surface area (TPSA) is 21.3 Å². The maximum Gasteiger partial charge on any atom is 0.119 e. The minimum atomic E-state index is 0.727. The summed E-state index contributed by atoms with van der Waals surface area (Å²) in [6.07, 6.45) is 3.64. The first kappa shape index (κ1) is 15.5. The van der Waals surface area contributed by atoms with E-state index in [0.29, 0.717) is 0 Å². The van der Waals surface area contributed by atoms with Gasteiger partial charge in [-0.1, -0.05) is 36.2 Å². The summed E-state index contributed by atoms with van der Waals surface area (Å²) in [4.78, 5) is 0. The van der Waals surface area contributed by atoms with Gasteiger partial charge >= 0.3 is 0 Å². The van der Waals surface area contributed by atoms with Crippen LogP contribution in [0.5, 0.6) is 5.75 Å². The maximum atomic E-state index is 5.77. The van der Waals surface area contributed by atoms with Crippen molar-refractivity contribution in [1.82, 2.24) is 5.32 Å². The highest BCUT2D eigenvalue weighted by atomic mass is 79.9. The molecular formula is C15H24BrNO. The Kier molecular flexibility index (Phi) is 8.10. The second kappa shape index (κ2) is 9.40. The molecule has 1 N–H and O–H groups in total. The summed E-state index contributed by atoms with van der Waals surface area (Å²) in [6.45, 7) is 7.36. The fourth-order valence-corrected chi connectivity index (χ4v) is 2.24. The average Bonchev–Trinajstić information content (AvgIpc) is 2.38. The van der Waals surface area contributed by atoms with Gasteiger partial charge in [-0.05, 0) is 56.1 Å². The molecule has 0 amide bonds. The number of hydrogen-bond donors (Lipinski definition) is 1. The van der Waals surface area contributed by atoms with Crippen LogP contribution in [0, 0.1) is 5.92 Å². The van der Waals surface area contributed by atoms with Gasteiger partial charge in [-0.2, -0.15) is 0 Å². The fourth-order valence-electron chi connectivity index (χ4n) is 1.98. The highest BCUT2D eigenvalue weighted by Gasteiger charge is 2.07. The first-order valence-electron chi connectivity index (χ1n) is 6.85. The van der Waals surface area contributed by atoms with Crippen molar-refractivity contribution in [2.45, 2.75) is 33.1 Å². The zero-order chi connectivity index (χ0) is 13.2.